The van der Waals surface area contributed by atoms with Crippen LogP contribution in [0.5, 0.6) is 0 Å². The van der Waals surface area contributed by atoms with Crippen LogP contribution in [0.15, 0.2) is 24.3 Å². The van der Waals surface area contributed by atoms with Crippen molar-refractivity contribution in [1.82, 2.24) is 10.2 Å². The van der Waals surface area contributed by atoms with E-state index in [0.717, 1.165) is 5.56 Å². The molecule has 0 spiro atoms. The van der Waals surface area contributed by atoms with Crippen molar-refractivity contribution in [2.75, 3.05) is 26.3 Å². The van der Waals surface area contributed by atoms with Gasteiger partial charge in [0, 0.05) is 24.5 Å². The van der Waals surface area contributed by atoms with Crippen LogP contribution in [-0.2, 0) is 20.7 Å². The molecule has 1 aromatic carbocycles. The highest BCUT2D eigenvalue weighted by atomic mass is 35.5. The number of aryl methyl sites for hydroxylation is 1. The van der Waals surface area contributed by atoms with Gasteiger partial charge < -0.3 is 15.0 Å². The molecule has 1 N–H and O–H groups in total. The SMILES string of the molecule is CC(NC(=O)CCc1ccccc1Cl)C(=O)N1CCOCC1. The fraction of sp³-hybridized carbons (Fsp3) is 0.500. The zero-order valence-electron chi connectivity index (χ0n) is 12.7. The van der Waals surface area contributed by atoms with E-state index >= 15 is 0 Å². The maximum absolute atomic E-state index is 12.2. The lowest BCUT2D eigenvalue weighted by Gasteiger charge is -2.29. The molecule has 6 heteroatoms. The normalized spacial score (nSPS) is 16.2. The summed E-state index contributed by atoms with van der Waals surface area (Å²) in [6, 6.07) is 6.94. The van der Waals surface area contributed by atoms with Gasteiger partial charge in [-0.05, 0) is 25.0 Å². The lowest BCUT2D eigenvalue weighted by molar-refractivity contribution is -0.139. The van der Waals surface area contributed by atoms with Gasteiger partial charge in [0.15, 0.2) is 0 Å². The van der Waals surface area contributed by atoms with Crippen molar-refractivity contribution in [2.45, 2.75) is 25.8 Å². The third-order valence-corrected chi connectivity index (χ3v) is 4.02. The van der Waals surface area contributed by atoms with Gasteiger partial charge in [-0.25, -0.2) is 0 Å². The van der Waals surface area contributed by atoms with Gasteiger partial charge in [0.05, 0.1) is 13.2 Å². The Morgan fingerprint density at radius 2 is 2.00 bits per heavy atom. The Kier molecular flexibility index (Phi) is 6.21. The lowest BCUT2D eigenvalue weighted by atomic mass is 10.1. The van der Waals surface area contributed by atoms with Crippen molar-refractivity contribution in [2.24, 2.45) is 0 Å². The van der Waals surface area contributed by atoms with Crippen LogP contribution in [0.2, 0.25) is 5.02 Å². The predicted molar refractivity (Wildman–Crippen MR) is 84.8 cm³/mol. The molecule has 1 aromatic rings. The number of nitrogens with zero attached hydrogens (tertiary/aromatic N) is 1. The number of morpholine rings is 1. The molecule has 2 rings (SSSR count). The Balaban J connectivity index is 1.78. The molecular formula is C16H21ClN2O3. The third kappa shape index (κ3) is 4.71. The summed E-state index contributed by atoms with van der Waals surface area (Å²) in [6.45, 7) is 3.99. The minimum Gasteiger partial charge on any atom is -0.378 e. The van der Waals surface area contributed by atoms with Crippen molar-refractivity contribution < 1.29 is 14.3 Å². The summed E-state index contributed by atoms with van der Waals surface area (Å²) < 4.78 is 5.22. The molecule has 1 aliphatic heterocycles. The number of carbonyl (C=O) groups is 2. The quantitative estimate of drug-likeness (QED) is 0.895. The van der Waals surface area contributed by atoms with Crippen molar-refractivity contribution in [3.63, 3.8) is 0 Å². The Morgan fingerprint density at radius 3 is 2.68 bits per heavy atom. The van der Waals surface area contributed by atoms with Gasteiger partial charge in [0.1, 0.15) is 6.04 Å². The number of ether oxygens (including phenoxy) is 1. The van der Waals surface area contributed by atoms with Crippen molar-refractivity contribution in [1.29, 1.82) is 0 Å². The van der Waals surface area contributed by atoms with E-state index in [-0.39, 0.29) is 11.8 Å². The highest BCUT2D eigenvalue weighted by Crippen LogP contribution is 2.16. The van der Waals surface area contributed by atoms with Crippen LogP contribution in [0.3, 0.4) is 0 Å². The minimum atomic E-state index is -0.517. The summed E-state index contributed by atoms with van der Waals surface area (Å²) in [4.78, 5) is 25.9. The van der Waals surface area contributed by atoms with Gasteiger partial charge in [-0.15, -0.1) is 0 Å². The molecule has 22 heavy (non-hydrogen) atoms. The summed E-state index contributed by atoms with van der Waals surface area (Å²) in [5.41, 5.74) is 0.937. The molecule has 1 saturated heterocycles. The Bertz CT molecular complexity index is 530. The summed E-state index contributed by atoms with van der Waals surface area (Å²) in [7, 11) is 0. The van der Waals surface area contributed by atoms with Gasteiger partial charge in [-0.3, -0.25) is 9.59 Å². The number of rotatable bonds is 5. The maximum Gasteiger partial charge on any atom is 0.245 e. The van der Waals surface area contributed by atoms with Gasteiger partial charge in [-0.1, -0.05) is 29.8 Å². The molecule has 1 heterocycles. The smallest absolute Gasteiger partial charge is 0.245 e. The zero-order valence-corrected chi connectivity index (χ0v) is 13.4. The summed E-state index contributed by atoms with van der Waals surface area (Å²) in [6.07, 6.45) is 0.869. The molecule has 120 valence electrons. The molecule has 0 aliphatic carbocycles. The third-order valence-electron chi connectivity index (χ3n) is 3.65. The molecule has 1 unspecified atom stereocenters. The highest BCUT2D eigenvalue weighted by Gasteiger charge is 2.23. The van der Waals surface area contributed by atoms with E-state index in [1.807, 2.05) is 18.2 Å². The fourth-order valence-corrected chi connectivity index (χ4v) is 2.61. The molecule has 1 aliphatic rings. The number of amides is 2. The summed E-state index contributed by atoms with van der Waals surface area (Å²) in [5, 5.41) is 3.41. The first-order valence-electron chi connectivity index (χ1n) is 7.47. The molecule has 1 fully saturated rings. The van der Waals surface area contributed by atoms with E-state index < -0.39 is 6.04 Å². The van der Waals surface area contributed by atoms with Crippen molar-refractivity contribution in [3.05, 3.63) is 34.9 Å². The van der Waals surface area contributed by atoms with E-state index in [1.54, 1.807) is 17.9 Å². The average Bonchev–Trinajstić information content (AvgIpc) is 2.54. The molecule has 0 aromatic heterocycles. The van der Waals surface area contributed by atoms with E-state index in [2.05, 4.69) is 5.32 Å². The van der Waals surface area contributed by atoms with E-state index in [9.17, 15) is 9.59 Å². The molecule has 0 bridgehead atoms. The van der Waals surface area contributed by atoms with Gasteiger partial charge >= 0.3 is 0 Å². The summed E-state index contributed by atoms with van der Waals surface area (Å²) >= 11 is 6.06. The van der Waals surface area contributed by atoms with Crippen molar-refractivity contribution in [3.8, 4) is 0 Å². The minimum absolute atomic E-state index is 0.0607. The van der Waals surface area contributed by atoms with Gasteiger partial charge in [0.25, 0.3) is 0 Å². The molecular weight excluding hydrogens is 304 g/mol. The largest absolute Gasteiger partial charge is 0.378 e. The van der Waals surface area contributed by atoms with Crippen LogP contribution in [0.1, 0.15) is 18.9 Å². The molecule has 0 saturated carbocycles. The van der Waals surface area contributed by atoms with Crippen molar-refractivity contribution >= 4 is 23.4 Å². The monoisotopic (exact) mass is 324 g/mol. The number of halogens is 1. The molecule has 0 radical (unpaired) electrons. The summed E-state index contributed by atoms with van der Waals surface area (Å²) in [5.74, 6) is -0.205. The second-order valence-electron chi connectivity index (χ2n) is 5.32. The number of nitrogens with one attached hydrogen (secondary N) is 1. The molecule has 2 amide bonds. The van der Waals surface area contributed by atoms with Crippen LogP contribution in [0, 0.1) is 0 Å². The van der Waals surface area contributed by atoms with Crippen LogP contribution >= 0.6 is 11.6 Å². The fourth-order valence-electron chi connectivity index (χ4n) is 2.38. The van der Waals surface area contributed by atoms with Gasteiger partial charge in [-0.2, -0.15) is 0 Å². The Morgan fingerprint density at radius 1 is 1.32 bits per heavy atom. The highest BCUT2D eigenvalue weighted by molar-refractivity contribution is 6.31. The predicted octanol–water partition coefficient (Wildman–Crippen LogP) is 1.64. The van der Waals surface area contributed by atoms with Gasteiger partial charge in [0.2, 0.25) is 11.8 Å². The van der Waals surface area contributed by atoms with E-state index in [1.165, 1.54) is 0 Å². The Labute approximate surface area is 135 Å². The van der Waals surface area contributed by atoms with Crippen LogP contribution < -0.4 is 5.32 Å². The number of hydrogen-bond donors (Lipinski definition) is 1. The standard InChI is InChI=1S/C16H21ClN2O3/c1-12(16(21)19-8-10-22-11-9-19)18-15(20)7-6-13-4-2-3-5-14(13)17/h2-5,12H,6-11H2,1H3,(H,18,20). The lowest BCUT2D eigenvalue weighted by Crippen LogP contribution is -2.50. The first-order valence-corrected chi connectivity index (χ1v) is 7.85. The van der Waals surface area contributed by atoms with E-state index in [0.29, 0.717) is 44.2 Å². The van der Waals surface area contributed by atoms with Crippen LogP contribution in [0.25, 0.3) is 0 Å². The maximum atomic E-state index is 12.2. The average molecular weight is 325 g/mol. The zero-order chi connectivity index (χ0) is 15.9. The first kappa shape index (κ1) is 16.8. The van der Waals surface area contributed by atoms with E-state index in [4.69, 9.17) is 16.3 Å². The number of carbonyl (C=O) groups excluding carboxylic acids is 2. The molecule has 1 atom stereocenters. The second-order valence-corrected chi connectivity index (χ2v) is 5.73. The molecule has 5 nitrogen and oxygen atoms in total. The van der Waals surface area contributed by atoms with Crippen LogP contribution in [-0.4, -0.2) is 49.1 Å². The first-order chi connectivity index (χ1) is 10.6. The number of benzene rings is 1. The van der Waals surface area contributed by atoms with Crippen LogP contribution in [0.4, 0.5) is 0 Å². The number of hydrogen-bond acceptors (Lipinski definition) is 3. The second kappa shape index (κ2) is 8.15. The topological polar surface area (TPSA) is 58.6 Å². The Hall–Kier alpha value is -1.59.